The van der Waals surface area contributed by atoms with E-state index in [0.717, 1.165) is 6.54 Å². The van der Waals surface area contributed by atoms with Gasteiger partial charge >= 0.3 is 5.97 Å². The summed E-state index contributed by atoms with van der Waals surface area (Å²) in [7, 11) is 0. The number of aromatic carboxylic acids is 1. The lowest BCUT2D eigenvalue weighted by Gasteiger charge is -2.26. The average Bonchev–Trinajstić information content (AvgIpc) is 2.77. The van der Waals surface area contributed by atoms with E-state index in [1.807, 2.05) is 0 Å². The van der Waals surface area contributed by atoms with Crippen LogP contribution in [0.3, 0.4) is 0 Å². The van der Waals surface area contributed by atoms with Crippen molar-refractivity contribution in [2.75, 3.05) is 11.4 Å². The van der Waals surface area contributed by atoms with Crippen molar-refractivity contribution in [2.45, 2.75) is 33.7 Å². The maximum atomic E-state index is 11.0. The molecule has 0 fully saturated rings. The molecule has 0 bridgehead atoms. The van der Waals surface area contributed by atoms with Crippen LogP contribution in [0.2, 0.25) is 0 Å². The summed E-state index contributed by atoms with van der Waals surface area (Å²) in [4.78, 5) is 17.5. The molecule has 5 nitrogen and oxygen atoms in total. The first-order valence-corrected chi connectivity index (χ1v) is 6.79. The van der Waals surface area contributed by atoms with Crippen LogP contribution < -0.4 is 4.90 Å². The molecule has 0 saturated carbocycles. The van der Waals surface area contributed by atoms with Crippen LogP contribution >= 0.6 is 0 Å². The number of anilines is 1. The smallest absolute Gasteiger partial charge is 0.335 e. The third kappa shape index (κ3) is 2.92. The molecule has 0 unspecified atom stereocenters. The van der Waals surface area contributed by atoms with Crippen LogP contribution in [0.25, 0.3) is 11.1 Å². The fourth-order valence-electron chi connectivity index (χ4n) is 2.07. The molecule has 108 valence electrons. The molecule has 5 heteroatoms. The first-order chi connectivity index (χ1) is 9.38. The van der Waals surface area contributed by atoms with Crippen molar-refractivity contribution in [3.8, 4) is 0 Å². The molecule has 2 aromatic rings. The summed E-state index contributed by atoms with van der Waals surface area (Å²) in [5.74, 6) is -0.477. The van der Waals surface area contributed by atoms with E-state index in [1.54, 1.807) is 12.1 Å². The van der Waals surface area contributed by atoms with Crippen molar-refractivity contribution in [3.63, 3.8) is 0 Å². The normalized spacial score (nSPS) is 11.5. The van der Waals surface area contributed by atoms with Gasteiger partial charge in [-0.3, -0.25) is 0 Å². The largest absolute Gasteiger partial charge is 0.478 e. The first-order valence-electron chi connectivity index (χ1n) is 6.79. The number of carboxylic acid groups (broad SMARTS) is 1. The van der Waals surface area contributed by atoms with Crippen molar-refractivity contribution in [2.24, 2.45) is 5.92 Å². The maximum absolute atomic E-state index is 11.0. The van der Waals surface area contributed by atoms with Crippen LogP contribution in [0.5, 0.6) is 0 Å². The van der Waals surface area contributed by atoms with E-state index >= 15 is 0 Å². The van der Waals surface area contributed by atoms with Crippen LogP contribution in [-0.4, -0.2) is 28.6 Å². The lowest BCUT2D eigenvalue weighted by molar-refractivity contribution is 0.0697. The molecule has 1 heterocycles. The van der Waals surface area contributed by atoms with Gasteiger partial charge < -0.3 is 14.4 Å². The number of hydrogen-bond donors (Lipinski definition) is 1. The van der Waals surface area contributed by atoms with Gasteiger partial charge in [0.05, 0.1) is 5.56 Å². The molecule has 0 aliphatic rings. The minimum atomic E-state index is -0.965. The van der Waals surface area contributed by atoms with Crippen LogP contribution in [0, 0.1) is 5.92 Å². The van der Waals surface area contributed by atoms with Gasteiger partial charge in [0, 0.05) is 12.6 Å². The van der Waals surface area contributed by atoms with Gasteiger partial charge in [-0.15, -0.1) is 0 Å². The zero-order valence-corrected chi connectivity index (χ0v) is 12.3. The monoisotopic (exact) mass is 276 g/mol. The summed E-state index contributed by atoms with van der Waals surface area (Å²) < 4.78 is 5.73. The van der Waals surface area contributed by atoms with Crippen molar-refractivity contribution in [1.82, 2.24) is 4.98 Å². The molecule has 0 atom stereocenters. The Morgan fingerprint density at radius 1 is 1.35 bits per heavy atom. The molecule has 1 aromatic carbocycles. The molecule has 20 heavy (non-hydrogen) atoms. The Balaban J connectivity index is 2.41. The molecule has 0 spiro atoms. The molecule has 0 saturated heterocycles. The topological polar surface area (TPSA) is 66.6 Å². The van der Waals surface area contributed by atoms with Gasteiger partial charge in [0.1, 0.15) is 5.52 Å². The number of fused-ring (bicyclic) bond motifs is 1. The summed E-state index contributed by atoms with van der Waals surface area (Å²) in [6.07, 6.45) is 0. The predicted octanol–water partition coefficient (Wildman–Crippen LogP) is 3.40. The SMILES string of the molecule is CC(C)CN(c1nc2ccc(C(=O)O)cc2o1)C(C)C. The lowest BCUT2D eigenvalue weighted by atomic mass is 10.2. The van der Waals surface area contributed by atoms with Gasteiger partial charge in [0.15, 0.2) is 5.58 Å². The number of oxazole rings is 1. The van der Waals surface area contributed by atoms with E-state index in [2.05, 4.69) is 37.6 Å². The number of rotatable bonds is 5. The van der Waals surface area contributed by atoms with Crippen molar-refractivity contribution in [1.29, 1.82) is 0 Å². The Morgan fingerprint density at radius 2 is 2.05 bits per heavy atom. The highest BCUT2D eigenvalue weighted by Crippen LogP contribution is 2.25. The molecule has 0 aliphatic carbocycles. The fourth-order valence-corrected chi connectivity index (χ4v) is 2.07. The highest BCUT2D eigenvalue weighted by atomic mass is 16.4. The van der Waals surface area contributed by atoms with E-state index in [4.69, 9.17) is 9.52 Å². The van der Waals surface area contributed by atoms with E-state index < -0.39 is 5.97 Å². The molecule has 0 amide bonds. The Bertz CT molecular complexity index is 617. The van der Waals surface area contributed by atoms with Gasteiger partial charge in [-0.1, -0.05) is 13.8 Å². The number of hydrogen-bond acceptors (Lipinski definition) is 4. The third-order valence-corrected chi connectivity index (χ3v) is 3.05. The second kappa shape index (κ2) is 5.53. The Labute approximate surface area is 118 Å². The average molecular weight is 276 g/mol. The fraction of sp³-hybridized carbons (Fsp3) is 0.467. The molecular weight excluding hydrogens is 256 g/mol. The zero-order valence-electron chi connectivity index (χ0n) is 12.3. The minimum absolute atomic E-state index is 0.208. The molecule has 0 aliphatic heterocycles. The van der Waals surface area contributed by atoms with Crippen LogP contribution in [0.4, 0.5) is 6.01 Å². The minimum Gasteiger partial charge on any atom is -0.478 e. The molecular formula is C15H20N2O3. The summed E-state index contributed by atoms with van der Waals surface area (Å²) >= 11 is 0. The van der Waals surface area contributed by atoms with Gasteiger partial charge in [0.25, 0.3) is 6.01 Å². The number of nitrogens with zero attached hydrogens (tertiary/aromatic N) is 2. The van der Waals surface area contributed by atoms with Gasteiger partial charge in [-0.2, -0.15) is 4.98 Å². The predicted molar refractivity (Wildman–Crippen MR) is 78.3 cm³/mol. The molecule has 1 aromatic heterocycles. The number of carbonyl (C=O) groups is 1. The summed E-state index contributed by atoms with van der Waals surface area (Å²) in [6, 6.07) is 5.55. The van der Waals surface area contributed by atoms with E-state index in [0.29, 0.717) is 23.0 Å². The van der Waals surface area contributed by atoms with Gasteiger partial charge in [-0.05, 0) is 38.0 Å². The van der Waals surface area contributed by atoms with E-state index in [1.165, 1.54) is 6.07 Å². The third-order valence-electron chi connectivity index (χ3n) is 3.05. The summed E-state index contributed by atoms with van der Waals surface area (Å²) in [5, 5.41) is 8.99. The van der Waals surface area contributed by atoms with Crippen LogP contribution in [-0.2, 0) is 0 Å². The second-order valence-corrected chi connectivity index (χ2v) is 5.62. The van der Waals surface area contributed by atoms with Crippen molar-refractivity contribution in [3.05, 3.63) is 23.8 Å². The van der Waals surface area contributed by atoms with Crippen LogP contribution in [0.1, 0.15) is 38.1 Å². The van der Waals surface area contributed by atoms with Crippen molar-refractivity contribution < 1.29 is 14.3 Å². The number of benzene rings is 1. The molecule has 0 radical (unpaired) electrons. The maximum Gasteiger partial charge on any atom is 0.335 e. The lowest BCUT2D eigenvalue weighted by Crippen LogP contribution is -2.34. The number of carboxylic acids is 1. The number of aromatic nitrogens is 1. The Kier molecular flexibility index (Phi) is 3.97. The highest BCUT2D eigenvalue weighted by Gasteiger charge is 2.18. The van der Waals surface area contributed by atoms with E-state index in [-0.39, 0.29) is 11.6 Å². The Hall–Kier alpha value is -2.04. The van der Waals surface area contributed by atoms with Crippen molar-refractivity contribution >= 4 is 23.1 Å². The highest BCUT2D eigenvalue weighted by molar-refractivity contribution is 5.92. The summed E-state index contributed by atoms with van der Waals surface area (Å²) in [5.41, 5.74) is 1.40. The first kappa shape index (κ1) is 14.4. The second-order valence-electron chi connectivity index (χ2n) is 5.62. The Morgan fingerprint density at radius 3 is 2.60 bits per heavy atom. The van der Waals surface area contributed by atoms with Crippen LogP contribution in [0.15, 0.2) is 22.6 Å². The van der Waals surface area contributed by atoms with Gasteiger partial charge in [-0.25, -0.2) is 4.79 Å². The standard InChI is InChI=1S/C15H20N2O3/c1-9(2)8-17(10(3)4)15-16-12-6-5-11(14(18)19)7-13(12)20-15/h5-7,9-10H,8H2,1-4H3,(H,18,19). The quantitative estimate of drug-likeness (QED) is 0.906. The zero-order chi connectivity index (χ0) is 14.9. The van der Waals surface area contributed by atoms with Gasteiger partial charge in [0.2, 0.25) is 0 Å². The molecule has 1 N–H and O–H groups in total. The van der Waals surface area contributed by atoms with E-state index in [9.17, 15) is 4.79 Å². The molecule has 2 rings (SSSR count). The summed E-state index contributed by atoms with van der Waals surface area (Å²) in [6.45, 7) is 9.29.